The molecule has 0 aromatic carbocycles. The number of ketones is 1. The van der Waals surface area contributed by atoms with Crippen LogP contribution in [0.5, 0.6) is 0 Å². The number of aldehydes is 1. The molecule has 3 aliphatic carbocycles. The van der Waals surface area contributed by atoms with Crippen molar-refractivity contribution in [1.82, 2.24) is 0 Å². The average molecular weight is 404 g/mol. The Balaban J connectivity index is 1.95. The number of fused-ring (bicyclic) bond motifs is 2. The molecule has 0 unspecified atom stereocenters. The molecule has 3 saturated carbocycles. The fourth-order valence-corrected chi connectivity index (χ4v) is 6.96. The van der Waals surface area contributed by atoms with E-state index in [1.807, 2.05) is 13.8 Å². The van der Waals surface area contributed by atoms with Crippen LogP contribution in [0.4, 0.5) is 0 Å². The first-order chi connectivity index (χ1) is 13.5. The zero-order chi connectivity index (χ0) is 21.4. The lowest BCUT2D eigenvalue weighted by molar-refractivity contribution is -0.250. The number of hydrogen-bond donors (Lipinski definition) is 1. The molecule has 4 aliphatic rings. The van der Waals surface area contributed by atoms with Crippen molar-refractivity contribution in [2.24, 2.45) is 34.0 Å². The van der Waals surface area contributed by atoms with Crippen LogP contribution in [0.2, 0.25) is 0 Å². The third-order valence-corrected chi connectivity index (χ3v) is 8.23. The standard InChI is InChI=1S/C22H28O7/c1-11-13-5-6-14-21(10-28-19(27)22(14,17(11)25)18(13)26)15(9-23)20(3,4)8-7-16(21)29-12(2)24/h9,13-16,18,26H,1,5-8,10H2,2-4H3/t13-,14-,15+,16-,18+,21-,22-/m0/s1. The molecule has 7 atom stereocenters. The lowest BCUT2D eigenvalue weighted by Gasteiger charge is -2.62. The highest BCUT2D eigenvalue weighted by Crippen LogP contribution is 2.68. The number of ether oxygens (including phenoxy) is 2. The van der Waals surface area contributed by atoms with Gasteiger partial charge in [0.1, 0.15) is 19.0 Å². The Morgan fingerprint density at radius 2 is 1.97 bits per heavy atom. The lowest BCUT2D eigenvalue weighted by atomic mass is 9.43. The molecule has 1 saturated heterocycles. The molecule has 0 aromatic rings. The highest BCUT2D eigenvalue weighted by atomic mass is 16.6. The molecule has 2 spiro atoms. The molecule has 1 heterocycles. The third kappa shape index (κ3) is 2.28. The summed E-state index contributed by atoms with van der Waals surface area (Å²) in [6, 6.07) is 0. The van der Waals surface area contributed by atoms with E-state index in [9.17, 15) is 24.3 Å². The van der Waals surface area contributed by atoms with E-state index in [-0.39, 0.29) is 12.2 Å². The second-order valence-corrected chi connectivity index (χ2v) is 9.83. The van der Waals surface area contributed by atoms with Crippen LogP contribution in [-0.2, 0) is 28.7 Å². The second-order valence-electron chi connectivity index (χ2n) is 9.83. The van der Waals surface area contributed by atoms with Gasteiger partial charge in [-0.1, -0.05) is 20.4 Å². The second kappa shape index (κ2) is 6.24. The summed E-state index contributed by atoms with van der Waals surface area (Å²) in [4.78, 5) is 50.7. The molecular formula is C22H28O7. The maximum absolute atomic E-state index is 13.3. The summed E-state index contributed by atoms with van der Waals surface area (Å²) < 4.78 is 11.3. The van der Waals surface area contributed by atoms with E-state index >= 15 is 0 Å². The molecule has 0 radical (unpaired) electrons. The Labute approximate surface area is 169 Å². The summed E-state index contributed by atoms with van der Waals surface area (Å²) in [5.74, 6) is -3.47. The van der Waals surface area contributed by atoms with Gasteiger partial charge in [-0.15, -0.1) is 0 Å². The van der Waals surface area contributed by atoms with Gasteiger partial charge in [0.15, 0.2) is 11.2 Å². The Bertz CT molecular complexity index is 814. The van der Waals surface area contributed by atoms with Crippen molar-refractivity contribution in [2.75, 3.05) is 6.61 Å². The molecule has 4 rings (SSSR count). The summed E-state index contributed by atoms with van der Waals surface area (Å²) in [6.45, 7) is 8.98. The van der Waals surface area contributed by atoms with Crippen LogP contribution in [-0.4, -0.2) is 47.9 Å². The van der Waals surface area contributed by atoms with Crippen molar-refractivity contribution >= 4 is 24.0 Å². The molecular weight excluding hydrogens is 376 g/mol. The number of carbonyl (C=O) groups excluding carboxylic acids is 4. The molecule has 2 bridgehead atoms. The molecule has 0 amide bonds. The molecule has 7 nitrogen and oxygen atoms in total. The number of carbonyl (C=O) groups is 4. The van der Waals surface area contributed by atoms with Crippen molar-refractivity contribution in [3.63, 3.8) is 0 Å². The van der Waals surface area contributed by atoms with Gasteiger partial charge in [-0.25, -0.2) is 0 Å². The first-order valence-electron chi connectivity index (χ1n) is 10.3. The maximum Gasteiger partial charge on any atom is 0.323 e. The molecule has 0 aromatic heterocycles. The van der Waals surface area contributed by atoms with Crippen LogP contribution in [0.25, 0.3) is 0 Å². The highest BCUT2D eigenvalue weighted by molar-refractivity contribution is 6.16. The van der Waals surface area contributed by atoms with Gasteiger partial charge < -0.3 is 19.4 Å². The van der Waals surface area contributed by atoms with Crippen molar-refractivity contribution in [3.05, 3.63) is 12.2 Å². The van der Waals surface area contributed by atoms with Gasteiger partial charge in [0.25, 0.3) is 0 Å². The zero-order valence-corrected chi connectivity index (χ0v) is 17.1. The zero-order valence-electron chi connectivity index (χ0n) is 17.1. The number of Topliss-reactive ketones (excluding diaryl/α,β-unsaturated/α-hetero) is 1. The van der Waals surface area contributed by atoms with Gasteiger partial charge in [0, 0.05) is 18.8 Å². The Morgan fingerprint density at radius 1 is 1.28 bits per heavy atom. The van der Waals surface area contributed by atoms with Gasteiger partial charge >= 0.3 is 11.9 Å². The SMILES string of the molecule is C=C1C(=O)[C@@]23C(=O)OC[C@]4([C@@H](OC(C)=O)CCC(C)(C)[C@H]4C=O)[C@@H]2CC[C@@H]1[C@H]3O. The molecule has 7 heteroatoms. The van der Waals surface area contributed by atoms with Gasteiger partial charge in [-0.2, -0.15) is 0 Å². The molecule has 158 valence electrons. The van der Waals surface area contributed by atoms with E-state index in [4.69, 9.17) is 9.47 Å². The quantitative estimate of drug-likeness (QED) is 0.322. The molecule has 1 N–H and O–H groups in total. The van der Waals surface area contributed by atoms with Crippen LogP contribution in [0.3, 0.4) is 0 Å². The van der Waals surface area contributed by atoms with Gasteiger partial charge in [-0.05, 0) is 42.6 Å². The first kappa shape index (κ1) is 20.3. The van der Waals surface area contributed by atoms with Gasteiger partial charge in [0.2, 0.25) is 0 Å². The fraction of sp³-hybridized carbons (Fsp3) is 0.727. The van der Waals surface area contributed by atoms with Crippen LogP contribution in [0, 0.1) is 34.0 Å². The molecule has 29 heavy (non-hydrogen) atoms. The van der Waals surface area contributed by atoms with Crippen molar-refractivity contribution in [2.45, 2.75) is 58.7 Å². The number of hydrogen-bond acceptors (Lipinski definition) is 7. The van der Waals surface area contributed by atoms with E-state index in [0.717, 1.165) is 6.29 Å². The Kier molecular flexibility index (Phi) is 4.36. The van der Waals surface area contributed by atoms with Crippen LogP contribution < -0.4 is 0 Å². The predicted octanol–water partition coefficient (Wildman–Crippen LogP) is 1.61. The van der Waals surface area contributed by atoms with E-state index < -0.39 is 63.9 Å². The van der Waals surface area contributed by atoms with Crippen LogP contribution in [0.15, 0.2) is 12.2 Å². The Morgan fingerprint density at radius 3 is 2.59 bits per heavy atom. The van der Waals surface area contributed by atoms with Crippen LogP contribution >= 0.6 is 0 Å². The first-order valence-corrected chi connectivity index (χ1v) is 10.3. The minimum absolute atomic E-state index is 0.111. The number of aliphatic hydroxyl groups is 1. The normalized spacial score (nSPS) is 45.5. The third-order valence-electron chi connectivity index (χ3n) is 8.23. The van der Waals surface area contributed by atoms with Crippen molar-refractivity contribution < 1.29 is 33.8 Å². The van der Waals surface area contributed by atoms with Crippen molar-refractivity contribution in [1.29, 1.82) is 0 Å². The average Bonchev–Trinajstić information content (AvgIpc) is 2.75. The summed E-state index contributed by atoms with van der Waals surface area (Å²) in [7, 11) is 0. The molecule has 1 aliphatic heterocycles. The van der Waals surface area contributed by atoms with E-state index in [1.54, 1.807) is 0 Å². The summed E-state index contributed by atoms with van der Waals surface area (Å²) in [5.41, 5.74) is -3.03. The summed E-state index contributed by atoms with van der Waals surface area (Å²) in [6.07, 6.45) is 1.04. The largest absolute Gasteiger partial charge is 0.464 e. The summed E-state index contributed by atoms with van der Waals surface area (Å²) >= 11 is 0. The Hall–Kier alpha value is -2.02. The number of rotatable bonds is 2. The minimum atomic E-state index is -1.77. The maximum atomic E-state index is 13.3. The predicted molar refractivity (Wildman–Crippen MR) is 100 cm³/mol. The van der Waals surface area contributed by atoms with Crippen LogP contribution in [0.1, 0.15) is 46.5 Å². The number of aliphatic hydroxyl groups excluding tert-OH is 1. The van der Waals surface area contributed by atoms with E-state index in [1.165, 1.54) is 6.92 Å². The molecule has 4 fully saturated rings. The van der Waals surface area contributed by atoms with Gasteiger partial charge in [-0.3, -0.25) is 14.4 Å². The number of esters is 2. The number of cyclic esters (lactones) is 1. The van der Waals surface area contributed by atoms with Gasteiger partial charge in [0.05, 0.1) is 11.5 Å². The lowest BCUT2D eigenvalue weighted by Crippen LogP contribution is -2.71. The highest BCUT2D eigenvalue weighted by Gasteiger charge is 2.77. The van der Waals surface area contributed by atoms with E-state index in [0.29, 0.717) is 25.7 Å². The topological polar surface area (TPSA) is 107 Å². The fourth-order valence-electron chi connectivity index (χ4n) is 6.96. The monoisotopic (exact) mass is 404 g/mol. The summed E-state index contributed by atoms with van der Waals surface area (Å²) in [5, 5.41) is 11.1. The van der Waals surface area contributed by atoms with E-state index in [2.05, 4.69) is 6.58 Å². The minimum Gasteiger partial charge on any atom is -0.464 e. The smallest absolute Gasteiger partial charge is 0.323 e. The van der Waals surface area contributed by atoms with Crippen molar-refractivity contribution in [3.8, 4) is 0 Å².